The van der Waals surface area contributed by atoms with Crippen LogP contribution in [-0.4, -0.2) is 21.7 Å². The van der Waals surface area contributed by atoms with Crippen molar-refractivity contribution in [3.05, 3.63) is 110 Å². The van der Waals surface area contributed by atoms with E-state index < -0.39 is 0 Å². The fourth-order valence-corrected chi connectivity index (χ4v) is 9.19. The van der Waals surface area contributed by atoms with Crippen LogP contribution in [0.5, 0.6) is 0 Å². The Kier molecular flexibility index (Phi) is 8.32. The summed E-state index contributed by atoms with van der Waals surface area (Å²) in [5, 5.41) is 0. The van der Waals surface area contributed by atoms with Gasteiger partial charge >= 0.3 is 262 Å². The van der Waals surface area contributed by atoms with Gasteiger partial charge in [0, 0.05) is 0 Å². The van der Waals surface area contributed by atoms with E-state index in [0.29, 0.717) is 0 Å². The summed E-state index contributed by atoms with van der Waals surface area (Å²) >= 11 is -0.312. The molecule has 1 aliphatic carbocycles. The van der Waals surface area contributed by atoms with Crippen molar-refractivity contribution in [2.75, 3.05) is 22.9 Å². The Morgan fingerprint density at radius 2 is 1.17 bits per heavy atom. The molecule has 0 radical (unpaired) electrons. The molecule has 3 heteroatoms. The van der Waals surface area contributed by atoms with Gasteiger partial charge in [0.2, 0.25) is 0 Å². The fraction of sp³-hybridized carbons (Fsp3) is 0.359. The Balaban J connectivity index is 1.70. The molecule has 0 N–H and O–H groups in total. The van der Waals surface area contributed by atoms with Crippen LogP contribution in [0, 0.1) is 47.0 Å². The number of allylic oxidation sites excluding steroid dienone is 4. The normalized spacial score (nSPS) is 16.6. The summed E-state index contributed by atoms with van der Waals surface area (Å²) in [5.74, 6) is 0. The summed E-state index contributed by atoms with van der Waals surface area (Å²) in [4.78, 5) is 5.19. The van der Waals surface area contributed by atoms with Crippen LogP contribution in [0.1, 0.15) is 79.1 Å². The Morgan fingerprint density at radius 1 is 0.690 bits per heavy atom. The van der Waals surface area contributed by atoms with E-state index in [1.165, 1.54) is 82.5 Å². The van der Waals surface area contributed by atoms with Crippen molar-refractivity contribution in [2.45, 2.75) is 76.2 Å². The summed E-state index contributed by atoms with van der Waals surface area (Å²) in [6.45, 7) is 27.0. The van der Waals surface area contributed by atoms with E-state index in [9.17, 15) is 0 Å². The number of aryl methyl sites for hydroxylation is 6. The van der Waals surface area contributed by atoms with Crippen LogP contribution in [0.3, 0.4) is 0 Å². The SMILES string of the molecule is CC1=C(C)C(C)(C)C(c2ccccc2C=[C]=[Ru]=[C]2N(c3c(C)cc(C)cc3C)CCN2c2c(C)cc(C)cc2C)=C1C. The van der Waals surface area contributed by atoms with Gasteiger partial charge in [0.1, 0.15) is 0 Å². The quantitative estimate of drug-likeness (QED) is 0.262. The maximum absolute atomic E-state index is 3.88. The van der Waals surface area contributed by atoms with Gasteiger partial charge in [-0.1, -0.05) is 0 Å². The minimum absolute atomic E-state index is 0.0281. The summed E-state index contributed by atoms with van der Waals surface area (Å²) < 4.78 is 5.28. The van der Waals surface area contributed by atoms with Crippen LogP contribution in [-0.2, 0) is 16.2 Å². The second-order valence-electron chi connectivity index (χ2n) is 12.9. The second-order valence-corrected chi connectivity index (χ2v) is 14.6. The number of hydrogen-bond donors (Lipinski definition) is 0. The fourth-order valence-electron chi connectivity index (χ4n) is 7.33. The van der Waals surface area contributed by atoms with Gasteiger partial charge in [0.15, 0.2) is 0 Å². The summed E-state index contributed by atoms with van der Waals surface area (Å²) in [5.41, 5.74) is 19.2. The molecule has 0 atom stereocenters. The molecule has 220 valence electrons. The molecule has 3 aromatic rings. The number of hydrogen-bond acceptors (Lipinski definition) is 2. The van der Waals surface area contributed by atoms with E-state index in [1.807, 2.05) is 0 Å². The zero-order valence-corrected chi connectivity index (χ0v) is 29.1. The number of benzene rings is 3. The molecule has 2 nitrogen and oxygen atoms in total. The van der Waals surface area contributed by atoms with Crippen LogP contribution < -0.4 is 9.80 Å². The number of anilines is 2. The first-order valence-corrected chi connectivity index (χ1v) is 16.8. The van der Waals surface area contributed by atoms with Crippen LogP contribution in [0.4, 0.5) is 11.4 Å². The molecule has 0 bridgehead atoms. The molecule has 0 unspecified atom stereocenters. The van der Waals surface area contributed by atoms with Crippen molar-refractivity contribution < 1.29 is 16.2 Å². The first-order valence-electron chi connectivity index (χ1n) is 15.1. The van der Waals surface area contributed by atoms with Crippen molar-refractivity contribution in [3.8, 4) is 0 Å². The molecule has 0 saturated carbocycles. The van der Waals surface area contributed by atoms with Crippen LogP contribution >= 0.6 is 0 Å². The van der Waals surface area contributed by atoms with Crippen molar-refractivity contribution >= 4 is 31.6 Å². The van der Waals surface area contributed by atoms with E-state index in [2.05, 4.69) is 145 Å². The van der Waals surface area contributed by atoms with Crippen molar-refractivity contribution in [2.24, 2.45) is 5.41 Å². The molecule has 2 aliphatic rings. The zero-order chi connectivity index (χ0) is 30.5. The van der Waals surface area contributed by atoms with Gasteiger partial charge in [-0.2, -0.15) is 0 Å². The molecule has 1 heterocycles. The molecule has 1 fully saturated rings. The standard InChI is InChI=1S/C21H26N2.C18H20.Ru/c1-14-9-16(3)20(17(4)10-14)22-7-8-23(13-22)21-18(5)11-15(2)12-19(21)6;1-7-15-10-8-9-11-16(15)17-13(3)12(2)14(4)18(17,5)6;/h9-12H,7-8H2,1-6H3;7-11H,2-6H3;. The summed E-state index contributed by atoms with van der Waals surface area (Å²) in [7, 11) is 0. The average Bonchev–Trinajstić information content (AvgIpc) is 3.35. The van der Waals surface area contributed by atoms with E-state index >= 15 is 0 Å². The number of rotatable bonds is 4. The van der Waals surface area contributed by atoms with E-state index in [1.54, 1.807) is 0 Å². The second kappa shape index (κ2) is 11.5. The predicted molar refractivity (Wildman–Crippen MR) is 182 cm³/mol. The van der Waals surface area contributed by atoms with Crippen molar-refractivity contribution in [1.29, 1.82) is 0 Å². The van der Waals surface area contributed by atoms with Gasteiger partial charge in [-0.25, -0.2) is 0 Å². The molecule has 0 spiro atoms. The molecule has 3 aromatic carbocycles. The zero-order valence-electron chi connectivity index (χ0n) is 27.4. The summed E-state index contributed by atoms with van der Waals surface area (Å²) in [6, 6.07) is 18.2. The van der Waals surface area contributed by atoms with Gasteiger partial charge in [-0.3, -0.25) is 0 Å². The Morgan fingerprint density at radius 3 is 1.62 bits per heavy atom. The Labute approximate surface area is 261 Å². The molecule has 1 aliphatic heterocycles. The summed E-state index contributed by atoms with van der Waals surface area (Å²) in [6.07, 6.45) is 2.28. The molecule has 1 saturated heterocycles. The Bertz CT molecular complexity index is 1650. The molecule has 0 aromatic heterocycles. The van der Waals surface area contributed by atoms with Crippen LogP contribution in [0.2, 0.25) is 0 Å². The molecule has 5 rings (SSSR count). The van der Waals surface area contributed by atoms with E-state index in [4.69, 9.17) is 0 Å². The van der Waals surface area contributed by atoms with Gasteiger partial charge in [-0.15, -0.1) is 0 Å². The maximum atomic E-state index is 3.88. The predicted octanol–water partition coefficient (Wildman–Crippen LogP) is 9.30. The van der Waals surface area contributed by atoms with Crippen LogP contribution in [0.25, 0.3) is 11.6 Å². The van der Waals surface area contributed by atoms with Gasteiger partial charge in [-0.05, 0) is 0 Å². The molecule has 42 heavy (non-hydrogen) atoms. The third-order valence-corrected chi connectivity index (χ3v) is 11.2. The van der Waals surface area contributed by atoms with Gasteiger partial charge in [0.05, 0.1) is 0 Å². The van der Waals surface area contributed by atoms with Gasteiger partial charge < -0.3 is 0 Å². The number of nitrogens with zero attached hydrogens (tertiary/aromatic N) is 2. The molecular formula is C39H46N2Ru. The Hall–Kier alpha value is -3.12. The monoisotopic (exact) mass is 644 g/mol. The third kappa shape index (κ3) is 5.28. The van der Waals surface area contributed by atoms with E-state index in [-0.39, 0.29) is 21.6 Å². The van der Waals surface area contributed by atoms with Crippen molar-refractivity contribution in [3.63, 3.8) is 0 Å². The van der Waals surface area contributed by atoms with Crippen molar-refractivity contribution in [1.82, 2.24) is 0 Å². The van der Waals surface area contributed by atoms with E-state index in [0.717, 1.165) is 13.1 Å². The average molecular weight is 644 g/mol. The minimum atomic E-state index is -0.312. The molecule has 0 amide bonds. The first kappa shape index (κ1) is 30.3. The molecular weight excluding hydrogens is 598 g/mol. The topological polar surface area (TPSA) is 6.48 Å². The van der Waals surface area contributed by atoms with Gasteiger partial charge in [0.25, 0.3) is 0 Å². The van der Waals surface area contributed by atoms with Crippen LogP contribution in [0.15, 0.2) is 65.3 Å². The first-order chi connectivity index (χ1) is 19.8. The third-order valence-electron chi connectivity index (χ3n) is 9.42.